The van der Waals surface area contributed by atoms with Crippen LogP contribution >= 0.6 is 22.6 Å². The Kier molecular flexibility index (Phi) is 11.4. The maximum Gasteiger partial charge on any atom is 0.505 e. The Morgan fingerprint density at radius 1 is 0.864 bits per heavy atom. The van der Waals surface area contributed by atoms with E-state index in [-0.39, 0.29) is 0 Å². The Morgan fingerprint density at radius 2 is 1.45 bits per heavy atom. The molecule has 1 aromatic carbocycles. The Labute approximate surface area is 150 Å². The van der Waals surface area contributed by atoms with Gasteiger partial charge in [0.2, 0.25) is 0 Å². The first kappa shape index (κ1) is 20.1. The van der Waals surface area contributed by atoms with Crippen molar-refractivity contribution in [1.82, 2.24) is 0 Å². The normalized spacial score (nSPS) is 11.8. The minimum Gasteiger partial charge on any atom is -0.373 e. The van der Waals surface area contributed by atoms with Crippen LogP contribution in [-0.4, -0.2) is 33.1 Å². The topological polar surface area (TPSA) is 27.7 Å². The fourth-order valence-electron chi connectivity index (χ4n) is 2.06. The number of unbranched alkanes of at least 4 members (excludes halogenated alkanes) is 1. The van der Waals surface area contributed by atoms with Gasteiger partial charge in [0.25, 0.3) is 0 Å². The average Bonchev–Trinajstić information content (AvgIpc) is 2.56. The predicted molar refractivity (Wildman–Crippen MR) is 102 cm³/mol. The van der Waals surface area contributed by atoms with E-state index in [1.807, 2.05) is 6.07 Å². The van der Waals surface area contributed by atoms with E-state index in [0.717, 1.165) is 31.9 Å². The number of hydrogen-bond acceptors (Lipinski definition) is 3. The molecular weight excluding hydrogens is 407 g/mol. The summed E-state index contributed by atoms with van der Waals surface area (Å²) in [7, 11) is -2.63. The summed E-state index contributed by atoms with van der Waals surface area (Å²) in [4.78, 5) is 0. The van der Waals surface area contributed by atoms with Crippen LogP contribution in [0.25, 0.3) is 0 Å². The first-order valence-electron chi connectivity index (χ1n) is 8.28. The van der Waals surface area contributed by atoms with Gasteiger partial charge in [0, 0.05) is 25.9 Å². The zero-order valence-electron chi connectivity index (χ0n) is 13.9. The molecule has 0 saturated carbocycles. The Balaban J connectivity index is 2.76. The molecule has 0 spiro atoms. The van der Waals surface area contributed by atoms with Gasteiger partial charge in [-0.25, -0.2) is 0 Å². The summed E-state index contributed by atoms with van der Waals surface area (Å²) in [5, 5.41) is 0. The largest absolute Gasteiger partial charge is 0.505 e. The molecule has 0 radical (unpaired) electrons. The van der Waals surface area contributed by atoms with Gasteiger partial charge in [0.1, 0.15) is 0 Å². The first-order chi connectivity index (χ1) is 10.8. The molecule has 126 valence electrons. The fourth-order valence-corrected chi connectivity index (χ4v) is 5.38. The highest BCUT2D eigenvalue weighted by molar-refractivity contribution is 14.1. The molecule has 0 N–H and O–H groups in total. The molecule has 0 heterocycles. The first-order valence-corrected chi connectivity index (χ1v) is 11.7. The van der Waals surface area contributed by atoms with Gasteiger partial charge in [0.05, 0.1) is 0 Å². The van der Waals surface area contributed by atoms with Crippen molar-refractivity contribution in [3.8, 4) is 0 Å². The Hall–Kier alpha value is 0.0469. The molecule has 3 nitrogen and oxygen atoms in total. The molecule has 1 rings (SSSR count). The summed E-state index contributed by atoms with van der Waals surface area (Å²) >= 11 is 2.41. The van der Waals surface area contributed by atoms with Crippen LogP contribution in [0.5, 0.6) is 0 Å². The molecule has 0 aromatic heterocycles. The predicted octanol–water partition coefficient (Wildman–Crippen LogP) is 4.79. The van der Waals surface area contributed by atoms with Crippen LogP contribution in [0.15, 0.2) is 30.3 Å². The highest BCUT2D eigenvalue weighted by Gasteiger charge is 2.41. The van der Waals surface area contributed by atoms with Gasteiger partial charge < -0.3 is 13.3 Å². The lowest BCUT2D eigenvalue weighted by atomic mass is 10.2. The quantitative estimate of drug-likeness (QED) is 0.193. The average molecular weight is 436 g/mol. The summed E-state index contributed by atoms with van der Waals surface area (Å²) in [6, 6.07) is 11.2. The third-order valence-electron chi connectivity index (χ3n) is 3.17. The van der Waals surface area contributed by atoms with Gasteiger partial charge >= 0.3 is 8.80 Å². The molecule has 0 aliphatic rings. The van der Waals surface area contributed by atoms with Crippen LogP contribution in [0.2, 0.25) is 0 Å². The summed E-state index contributed by atoms with van der Waals surface area (Å²) in [6.45, 7) is 6.38. The van der Waals surface area contributed by atoms with Crippen LogP contribution in [0, 0.1) is 0 Å². The molecule has 0 aliphatic heterocycles. The van der Waals surface area contributed by atoms with Gasteiger partial charge in [-0.15, -0.1) is 0 Å². The zero-order chi connectivity index (χ0) is 16.1. The molecule has 22 heavy (non-hydrogen) atoms. The van der Waals surface area contributed by atoms with E-state index in [2.05, 4.69) is 60.7 Å². The lowest BCUT2D eigenvalue weighted by Crippen LogP contribution is -2.49. The van der Waals surface area contributed by atoms with Crippen LogP contribution < -0.4 is 0 Å². The number of hydrogen-bond donors (Lipinski definition) is 0. The maximum absolute atomic E-state index is 6.23. The fraction of sp³-hybridized carbons (Fsp3) is 0.647. The summed E-state index contributed by atoms with van der Waals surface area (Å²) in [6.07, 6.45) is 4.21. The van der Waals surface area contributed by atoms with Crippen molar-refractivity contribution in [2.75, 3.05) is 24.2 Å². The molecule has 1 aromatic rings. The third-order valence-corrected chi connectivity index (χ3v) is 6.70. The third kappa shape index (κ3) is 8.06. The van der Waals surface area contributed by atoms with Gasteiger partial charge in [-0.1, -0.05) is 66.8 Å². The summed E-state index contributed by atoms with van der Waals surface area (Å²) < 4.78 is 19.7. The van der Waals surface area contributed by atoms with Crippen molar-refractivity contribution in [3.63, 3.8) is 0 Å². The number of alkyl halides is 1. The molecule has 0 amide bonds. The molecule has 0 atom stereocenters. The molecule has 0 bridgehead atoms. The molecule has 0 saturated heterocycles. The summed E-state index contributed by atoms with van der Waals surface area (Å²) in [5.74, 6) is 0. The van der Waals surface area contributed by atoms with Crippen LogP contribution in [0.3, 0.4) is 0 Å². The van der Waals surface area contributed by atoms with Crippen molar-refractivity contribution in [3.05, 3.63) is 35.9 Å². The minimum absolute atomic E-state index is 0.703. The lowest BCUT2D eigenvalue weighted by Gasteiger charge is -2.30. The van der Waals surface area contributed by atoms with Crippen molar-refractivity contribution in [1.29, 1.82) is 0 Å². The monoisotopic (exact) mass is 436 g/mol. The van der Waals surface area contributed by atoms with Gasteiger partial charge in [-0.05, 0) is 35.7 Å². The van der Waals surface area contributed by atoms with Crippen LogP contribution in [-0.2, 0) is 19.3 Å². The van der Waals surface area contributed by atoms with Crippen LogP contribution in [0.4, 0.5) is 0 Å². The van der Waals surface area contributed by atoms with E-state index < -0.39 is 8.80 Å². The van der Waals surface area contributed by atoms with E-state index in [9.17, 15) is 0 Å². The Morgan fingerprint density at radius 3 is 2.00 bits per heavy atom. The number of halogens is 1. The number of benzene rings is 1. The maximum atomic E-state index is 6.23. The van der Waals surface area contributed by atoms with Crippen molar-refractivity contribution in [2.24, 2.45) is 0 Å². The highest BCUT2D eigenvalue weighted by Crippen LogP contribution is 2.19. The second-order valence-corrected chi connectivity index (χ2v) is 8.95. The second-order valence-electron chi connectivity index (χ2n) is 5.29. The molecule has 0 fully saturated rings. The molecular formula is C17H29IO3Si. The van der Waals surface area contributed by atoms with E-state index in [4.69, 9.17) is 13.3 Å². The smallest absolute Gasteiger partial charge is 0.373 e. The van der Waals surface area contributed by atoms with Gasteiger partial charge in [-0.3, -0.25) is 0 Å². The van der Waals surface area contributed by atoms with Crippen molar-refractivity contribution in [2.45, 2.75) is 45.6 Å². The van der Waals surface area contributed by atoms with E-state index in [0.29, 0.717) is 13.2 Å². The SMILES string of the molecule is CCCO[Si](Cc1ccccc1)(OCCC)OCCCCI. The van der Waals surface area contributed by atoms with Gasteiger partial charge in [0.15, 0.2) is 0 Å². The number of rotatable bonds is 13. The minimum atomic E-state index is -2.63. The van der Waals surface area contributed by atoms with Crippen LogP contribution in [0.1, 0.15) is 45.1 Å². The molecule has 0 unspecified atom stereocenters. The standard InChI is InChI=1S/C17H29IO3Si/c1-3-13-19-22(20-14-4-2,21-15-9-8-12-18)16-17-10-6-5-7-11-17/h5-7,10-11H,3-4,8-9,12-16H2,1-2H3. The molecule has 0 aliphatic carbocycles. The Bertz CT molecular complexity index is 367. The lowest BCUT2D eigenvalue weighted by molar-refractivity contribution is 0.0574. The summed E-state index contributed by atoms with van der Waals surface area (Å²) in [5.41, 5.74) is 1.23. The van der Waals surface area contributed by atoms with Crippen molar-refractivity contribution < 1.29 is 13.3 Å². The van der Waals surface area contributed by atoms with E-state index in [1.54, 1.807) is 0 Å². The van der Waals surface area contributed by atoms with E-state index >= 15 is 0 Å². The van der Waals surface area contributed by atoms with E-state index in [1.165, 1.54) is 16.4 Å². The van der Waals surface area contributed by atoms with Gasteiger partial charge in [-0.2, -0.15) is 0 Å². The van der Waals surface area contributed by atoms with Crippen molar-refractivity contribution >= 4 is 31.4 Å². The highest BCUT2D eigenvalue weighted by atomic mass is 127. The second kappa shape index (κ2) is 12.5. The zero-order valence-corrected chi connectivity index (χ0v) is 17.0. The molecule has 5 heteroatoms.